The van der Waals surface area contributed by atoms with E-state index < -0.39 is 33.6 Å². The molecular weight excluding hydrogens is 564 g/mol. The van der Waals surface area contributed by atoms with Gasteiger partial charge >= 0.3 is 6.18 Å². The molecule has 0 saturated carbocycles. The van der Waals surface area contributed by atoms with Crippen LogP contribution in [0.4, 0.5) is 13.2 Å². The van der Waals surface area contributed by atoms with Crippen molar-refractivity contribution < 1.29 is 31.4 Å². The summed E-state index contributed by atoms with van der Waals surface area (Å²) in [6.07, 6.45) is -5.17. The molecule has 38 heavy (non-hydrogen) atoms. The van der Waals surface area contributed by atoms with Crippen LogP contribution in [0.5, 0.6) is 5.75 Å². The van der Waals surface area contributed by atoms with E-state index in [1.165, 1.54) is 16.4 Å². The minimum absolute atomic E-state index is 0.0934. The van der Waals surface area contributed by atoms with Gasteiger partial charge in [-0.1, -0.05) is 65.7 Å². The molecule has 0 aromatic heterocycles. The normalized spacial score (nSPS) is 16.4. The van der Waals surface area contributed by atoms with Crippen molar-refractivity contribution in [2.75, 3.05) is 39.3 Å². The Hall–Kier alpha value is -2.34. The van der Waals surface area contributed by atoms with Gasteiger partial charge in [0.25, 0.3) is 0 Å². The SMILES string of the molecule is O=S(=O)(c1cc(Cl)cc(Cl)c1O)N1CCN(CCO[C@H](c2ccccc2)c2cccc(C(F)(F)F)c2)CC1. The van der Waals surface area contributed by atoms with E-state index >= 15 is 0 Å². The van der Waals surface area contributed by atoms with Gasteiger partial charge < -0.3 is 9.84 Å². The average molecular weight is 589 g/mol. The second kappa shape index (κ2) is 11.8. The lowest BCUT2D eigenvalue weighted by Crippen LogP contribution is -2.49. The first kappa shape index (κ1) is 28.7. The molecule has 0 spiro atoms. The Balaban J connectivity index is 1.40. The van der Waals surface area contributed by atoms with Crippen molar-refractivity contribution in [3.05, 3.63) is 93.5 Å². The number of halogens is 5. The molecule has 12 heteroatoms. The fraction of sp³-hybridized carbons (Fsp3) is 0.308. The molecule has 1 N–H and O–H groups in total. The smallest absolute Gasteiger partial charge is 0.416 e. The summed E-state index contributed by atoms with van der Waals surface area (Å²) in [6.45, 7) is 1.80. The Morgan fingerprint density at radius 3 is 2.24 bits per heavy atom. The molecule has 1 aliphatic heterocycles. The van der Waals surface area contributed by atoms with Crippen molar-refractivity contribution in [1.82, 2.24) is 9.21 Å². The minimum atomic E-state index is -4.47. The van der Waals surface area contributed by atoms with E-state index in [0.29, 0.717) is 25.2 Å². The molecule has 204 valence electrons. The molecule has 0 bridgehead atoms. The van der Waals surface area contributed by atoms with Crippen LogP contribution >= 0.6 is 23.2 Å². The van der Waals surface area contributed by atoms with E-state index in [-0.39, 0.29) is 34.6 Å². The van der Waals surface area contributed by atoms with Gasteiger partial charge in [-0.3, -0.25) is 4.90 Å². The number of nitrogens with zero attached hydrogens (tertiary/aromatic N) is 2. The summed E-state index contributed by atoms with van der Waals surface area (Å²) >= 11 is 11.8. The number of alkyl halides is 3. The second-order valence-electron chi connectivity index (χ2n) is 8.76. The summed E-state index contributed by atoms with van der Waals surface area (Å²) in [5.74, 6) is -0.548. The van der Waals surface area contributed by atoms with Gasteiger partial charge in [0.1, 0.15) is 11.0 Å². The summed E-state index contributed by atoms with van der Waals surface area (Å²) in [6, 6.07) is 16.5. The molecule has 0 amide bonds. The highest BCUT2D eigenvalue weighted by Gasteiger charge is 2.33. The third-order valence-corrected chi connectivity index (χ3v) is 8.67. The lowest BCUT2D eigenvalue weighted by molar-refractivity contribution is -0.137. The molecule has 1 saturated heterocycles. The largest absolute Gasteiger partial charge is 0.505 e. The van der Waals surface area contributed by atoms with Crippen LogP contribution in [0.25, 0.3) is 0 Å². The van der Waals surface area contributed by atoms with Gasteiger partial charge in [-0.25, -0.2) is 8.42 Å². The van der Waals surface area contributed by atoms with E-state index in [1.54, 1.807) is 30.3 Å². The molecule has 6 nitrogen and oxygen atoms in total. The monoisotopic (exact) mass is 588 g/mol. The van der Waals surface area contributed by atoms with Crippen molar-refractivity contribution >= 4 is 33.2 Å². The molecule has 1 aliphatic rings. The van der Waals surface area contributed by atoms with Crippen molar-refractivity contribution in [2.24, 2.45) is 0 Å². The van der Waals surface area contributed by atoms with Crippen molar-refractivity contribution in [3.63, 3.8) is 0 Å². The van der Waals surface area contributed by atoms with Crippen LogP contribution in [0, 0.1) is 0 Å². The van der Waals surface area contributed by atoms with Crippen LogP contribution < -0.4 is 0 Å². The van der Waals surface area contributed by atoms with Gasteiger partial charge in [0.05, 0.1) is 17.2 Å². The average Bonchev–Trinajstić information content (AvgIpc) is 2.89. The number of aromatic hydroxyl groups is 1. The Morgan fingerprint density at radius 2 is 1.58 bits per heavy atom. The Kier molecular flexibility index (Phi) is 8.91. The number of hydrogen-bond donors (Lipinski definition) is 1. The summed E-state index contributed by atoms with van der Waals surface area (Å²) in [7, 11) is -4.02. The molecule has 1 heterocycles. The highest BCUT2D eigenvalue weighted by Crippen LogP contribution is 2.36. The standard InChI is InChI=1S/C26H25Cl2F3N2O4S/c27-21-16-22(28)24(34)23(17-21)38(35,36)33-11-9-32(10-12-33)13-14-37-25(18-5-2-1-3-6-18)19-7-4-8-20(15-19)26(29,30)31/h1-8,15-17,25,34H,9-14H2/t25-/m1/s1. The number of sulfonamides is 1. The fourth-order valence-electron chi connectivity index (χ4n) is 4.26. The highest BCUT2D eigenvalue weighted by molar-refractivity contribution is 7.89. The van der Waals surface area contributed by atoms with Gasteiger partial charge in [-0.2, -0.15) is 17.5 Å². The van der Waals surface area contributed by atoms with Crippen LogP contribution in [-0.4, -0.2) is 62.1 Å². The summed E-state index contributed by atoms with van der Waals surface area (Å²) < 4.78 is 73.3. The number of piperazine rings is 1. The molecule has 4 rings (SSSR count). The zero-order chi connectivity index (χ0) is 27.5. The third kappa shape index (κ3) is 6.62. The number of hydrogen-bond acceptors (Lipinski definition) is 5. The molecule has 0 aliphatic carbocycles. The number of rotatable bonds is 8. The van der Waals surface area contributed by atoms with Gasteiger partial charge in [-0.05, 0) is 35.4 Å². The maximum atomic E-state index is 13.3. The van der Waals surface area contributed by atoms with Crippen molar-refractivity contribution in [2.45, 2.75) is 17.2 Å². The first-order chi connectivity index (χ1) is 18.0. The first-order valence-corrected chi connectivity index (χ1v) is 13.9. The molecular formula is C26H25Cl2F3N2O4S. The maximum Gasteiger partial charge on any atom is 0.416 e. The van der Waals surface area contributed by atoms with E-state index in [2.05, 4.69) is 0 Å². The van der Waals surface area contributed by atoms with Crippen LogP contribution in [0.3, 0.4) is 0 Å². The highest BCUT2D eigenvalue weighted by atomic mass is 35.5. The first-order valence-electron chi connectivity index (χ1n) is 11.7. The molecule has 3 aromatic carbocycles. The summed E-state index contributed by atoms with van der Waals surface area (Å²) in [5.41, 5.74) is 0.369. The maximum absolute atomic E-state index is 13.3. The van der Waals surface area contributed by atoms with Gasteiger partial charge in [0.2, 0.25) is 10.0 Å². The molecule has 1 fully saturated rings. The molecule has 0 radical (unpaired) electrons. The summed E-state index contributed by atoms with van der Waals surface area (Å²) in [5, 5.41) is 10.1. The second-order valence-corrected chi connectivity index (χ2v) is 11.5. The third-order valence-electron chi connectivity index (χ3n) is 6.25. The van der Waals surface area contributed by atoms with Crippen LogP contribution in [-0.2, 0) is 20.9 Å². The Labute approximate surface area is 229 Å². The quantitative estimate of drug-likeness (QED) is 0.358. The lowest BCUT2D eigenvalue weighted by Gasteiger charge is -2.34. The van der Waals surface area contributed by atoms with Crippen molar-refractivity contribution in [3.8, 4) is 5.75 Å². The molecule has 0 unspecified atom stereocenters. The number of ether oxygens (including phenoxy) is 1. The van der Waals surface area contributed by atoms with E-state index in [9.17, 15) is 26.7 Å². The van der Waals surface area contributed by atoms with Gasteiger partial charge in [0.15, 0.2) is 5.75 Å². The fourth-order valence-corrected chi connectivity index (χ4v) is 6.43. The van der Waals surface area contributed by atoms with Crippen molar-refractivity contribution in [1.29, 1.82) is 0 Å². The van der Waals surface area contributed by atoms with Crippen LogP contribution in [0.1, 0.15) is 22.8 Å². The molecule has 3 aromatic rings. The number of benzene rings is 3. The van der Waals surface area contributed by atoms with Gasteiger partial charge in [0, 0.05) is 37.7 Å². The number of phenols is 1. The predicted octanol–water partition coefficient (Wildman–Crippen LogP) is 5.83. The van der Waals surface area contributed by atoms with E-state index in [1.807, 2.05) is 11.0 Å². The van der Waals surface area contributed by atoms with E-state index in [4.69, 9.17) is 27.9 Å². The number of phenolic OH excluding ortho intramolecular Hbond substituents is 1. The zero-order valence-electron chi connectivity index (χ0n) is 20.0. The predicted molar refractivity (Wildman–Crippen MR) is 139 cm³/mol. The van der Waals surface area contributed by atoms with Crippen LogP contribution in [0.15, 0.2) is 71.6 Å². The van der Waals surface area contributed by atoms with Gasteiger partial charge in [-0.15, -0.1) is 0 Å². The lowest BCUT2D eigenvalue weighted by atomic mass is 9.99. The van der Waals surface area contributed by atoms with Crippen LogP contribution in [0.2, 0.25) is 10.0 Å². The molecule has 1 atom stereocenters. The topological polar surface area (TPSA) is 70.1 Å². The Bertz CT molecular complexity index is 1370. The Morgan fingerprint density at radius 1 is 0.921 bits per heavy atom. The van der Waals surface area contributed by atoms with E-state index in [0.717, 1.165) is 23.8 Å². The summed E-state index contributed by atoms with van der Waals surface area (Å²) in [4.78, 5) is 1.66. The minimum Gasteiger partial charge on any atom is -0.505 e. The zero-order valence-corrected chi connectivity index (χ0v) is 22.4.